The van der Waals surface area contributed by atoms with E-state index in [0.717, 1.165) is 18.0 Å². The molecular formula is C16H19N7O3. The Bertz CT molecular complexity index is 916. The Balaban J connectivity index is 1.62. The minimum atomic E-state index is -0.237. The largest absolute Gasteiger partial charge is 0.397 e. The number of rotatable bonds is 5. The van der Waals surface area contributed by atoms with Crippen molar-refractivity contribution in [1.29, 1.82) is 0 Å². The van der Waals surface area contributed by atoms with Crippen LogP contribution in [0.5, 0.6) is 5.88 Å². The summed E-state index contributed by atoms with van der Waals surface area (Å²) < 4.78 is 7.59. The van der Waals surface area contributed by atoms with Crippen LogP contribution in [0.4, 0.5) is 11.4 Å². The highest BCUT2D eigenvalue weighted by Crippen LogP contribution is 2.32. The molecule has 26 heavy (non-hydrogen) atoms. The van der Waals surface area contributed by atoms with Crippen LogP contribution in [0.25, 0.3) is 11.2 Å². The molecule has 0 radical (unpaired) electrons. The fraction of sp³-hybridized carbons (Fsp3) is 0.312. The molecule has 1 aliphatic rings. The summed E-state index contributed by atoms with van der Waals surface area (Å²) >= 11 is 0. The third kappa shape index (κ3) is 2.90. The minimum Gasteiger partial charge on any atom is -0.397 e. The maximum absolute atomic E-state index is 9.24. The zero-order chi connectivity index (χ0) is 18.1. The lowest BCUT2D eigenvalue weighted by Gasteiger charge is -2.19. The van der Waals surface area contributed by atoms with Crippen molar-refractivity contribution < 1.29 is 14.7 Å². The number of benzene rings is 1. The van der Waals surface area contributed by atoms with Crippen LogP contribution in [0.3, 0.4) is 0 Å². The van der Waals surface area contributed by atoms with Crippen molar-refractivity contribution in [3.63, 3.8) is 0 Å². The molecule has 1 saturated heterocycles. The molecule has 0 bridgehead atoms. The van der Waals surface area contributed by atoms with E-state index < -0.39 is 0 Å². The predicted molar refractivity (Wildman–Crippen MR) is 93.7 cm³/mol. The summed E-state index contributed by atoms with van der Waals surface area (Å²) in [7, 11) is 0. The number of aliphatic hydroxyl groups is 1. The minimum absolute atomic E-state index is 0.00684. The molecular weight excluding hydrogens is 338 g/mol. The Hall–Kier alpha value is -2.95. The van der Waals surface area contributed by atoms with E-state index in [9.17, 15) is 5.11 Å². The number of hydrazine groups is 1. The Morgan fingerprint density at radius 1 is 1.27 bits per heavy atom. The number of anilines is 2. The van der Waals surface area contributed by atoms with Crippen molar-refractivity contribution in [2.24, 2.45) is 5.84 Å². The molecule has 1 aliphatic heterocycles. The van der Waals surface area contributed by atoms with Gasteiger partial charge in [0.05, 0.1) is 24.7 Å². The second-order valence-electron chi connectivity index (χ2n) is 5.95. The van der Waals surface area contributed by atoms with E-state index in [0.29, 0.717) is 22.5 Å². The Morgan fingerprint density at radius 3 is 2.88 bits per heavy atom. The summed E-state index contributed by atoms with van der Waals surface area (Å²) in [5.41, 5.74) is 7.90. The summed E-state index contributed by atoms with van der Waals surface area (Å²) in [6.07, 6.45) is 4.12. The number of para-hydroxylation sites is 2. The van der Waals surface area contributed by atoms with Crippen LogP contribution < -0.4 is 21.6 Å². The average molecular weight is 357 g/mol. The first-order valence-electron chi connectivity index (χ1n) is 8.18. The fourth-order valence-electron chi connectivity index (χ4n) is 2.96. The molecule has 2 atom stereocenters. The Labute approximate surface area is 148 Å². The van der Waals surface area contributed by atoms with Gasteiger partial charge in [-0.25, -0.2) is 15.8 Å². The van der Waals surface area contributed by atoms with Crippen molar-refractivity contribution >= 4 is 22.5 Å². The standard InChI is InChI=1S/C16H19N7O3/c17-11-3-1-2-4-12(11)23(18)26-16-14-15(19-8-20-16)22(9-21-14)13-6-5-10(7-24)25-13/h1-4,8-10,13,24H,5-7,17-18H2/t10?,13-/m1/s1. The van der Waals surface area contributed by atoms with E-state index in [1.807, 2.05) is 0 Å². The van der Waals surface area contributed by atoms with Gasteiger partial charge < -0.3 is 20.4 Å². The monoisotopic (exact) mass is 357 g/mol. The van der Waals surface area contributed by atoms with Gasteiger partial charge in [-0.1, -0.05) is 12.1 Å². The van der Waals surface area contributed by atoms with Gasteiger partial charge in [-0.3, -0.25) is 4.57 Å². The van der Waals surface area contributed by atoms with E-state index in [2.05, 4.69) is 15.0 Å². The molecule has 2 aromatic heterocycles. The van der Waals surface area contributed by atoms with E-state index in [1.54, 1.807) is 35.2 Å². The fourth-order valence-corrected chi connectivity index (χ4v) is 2.96. The lowest BCUT2D eigenvalue weighted by molar-refractivity contribution is -0.0207. The van der Waals surface area contributed by atoms with Crippen LogP contribution in [0.2, 0.25) is 0 Å². The summed E-state index contributed by atoms with van der Waals surface area (Å²) in [6, 6.07) is 7.05. The van der Waals surface area contributed by atoms with E-state index in [1.165, 1.54) is 6.33 Å². The van der Waals surface area contributed by atoms with E-state index in [4.69, 9.17) is 21.2 Å². The SMILES string of the molecule is Nc1ccccc1N(N)Oc1ncnc2c1ncn2[C@H]1CCC(CO)O1. The molecule has 1 aromatic carbocycles. The van der Waals surface area contributed by atoms with Gasteiger partial charge in [0.1, 0.15) is 18.2 Å². The Morgan fingerprint density at radius 2 is 2.12 bits per heavy atom. The highest BCUT2D eigenvalue weighted by molar-refractivity contribution is 5.76. The molecule has 0 amide bonds. The van der Waals surface area contributed by atoms with Crippen LogP contribution in [0.1, 0.15) is 19.1 Å². The highest BCUT2D eigenvalue weighted by atomic mass is 16.7. The van der Waals surface area contributed by atoms with Crippen LogP contribution in [-0.2, 0) is 4.74 Å². The van der Waals surface area contributed by atoms with Gasteiger partial charge in [-0.15, -0.1) is 5.17 Å². The lowest BCUT2D eigenvalue weighted by atomic mass is 10.2. The molecule has 10 heteroatoms. The van der Waals surface area contributed by atoms with Crippen molar-refractivity contribution in [2.75, 3.05) is 17.5 Å². The lowest BCUT2D eigenvalue weighted by Crippen LogP contribution is -2.35. The number of nitrogen functional groups attached to an aromatic ring is 1. The van der Waals surface area contributed by atoms with Crippen LogP contribution >= 0.6 is 0 Å². The van der Waals surface area contributed by atoms with Crippen LogP contribution in [0.15, 0.2) is 36.9 Å². The number of hydrogen-bond acceptors (Lipinski definition) is 9. The maximum Gasteiger partial charge on any atom is 0.279 e. The molecule has 3 heterocycles. The number of ether oxygens (including phenoxy) is 1. The topological polar surface area (TPSA) is 138 Å². The third-order valence-corrected chi connectivity index (χ3v) is 4.28. The Kier molecular flexibility index (Phi) is 4.29. The van der Waals surface area contributed by atoms with Gasteiger partial charge in [0, 0.05) is 0 Å². The van der Waals surface area contributed by atoms with Gasteiger partial charge >= 0.3 is 0 Å². The first-order chi connectivity index (χ1) is 12.7. The van der Waals surface area contributed by atoms with Crippen molar-refractivity contribution in [2.45, 2.75) is 25.2 Å². The summed E-state index contributed by atoms with van der Waals surface area (Å²) in [6.45, 7) is -0.00684. The molecule has 0 spiro atoms. The number of hydrogen-bond donors (Lipinski definition) is 3. The maximum atomic E-state index is 9.24. The van der Waals surface area contributed by atoms with Gasteiger partial charge in [-0.05, 0) is 25.0 Å². The zero-order valence-corrected chi connectivity index (χ0v) is 13.9. The van der Waals surface area contributed by atoms with Gasteiger partial charge in [0.15, 0.2) is 11.2 Å². The van der Waals surface area contributed by atoms with Gasteiger partial charge in [0.2, 0.25) is 0 Å². The number of nitrogens with two attached hydrogens (primary N) is 2. The molecule has 10 nitrogen and oxygen atoms in total. The molecule has 1 fully saturated rings. The number of fused-ring (bicyclic) bond motifs is 1. The van der Waals surface area contributed by atoms with Crippen LogP contribution in [-0.4, -0.2) is 37.3 Å². The predicted octanol–water partition coefficient (Wildman–Crippen LogP) is 0.752. The quantitative estimate of drug-likeness (QED) is 0.343. The number of aromatic nitrogens is 4. The first-order valence-corrected chi connectivity index (χ1v) is 8.18. The summed E-state index contributed by atoms with van der Waals surface area (Å²) in [4.78, 5) is 18.4. The molecule has 3 aromatic rings. The van der Waals surface area contributed by atoms with Crippen molar-refractivity contribution in [3.8, 4) is 5.88 Å². The molecule has 4 rings (SSSR count). The molecule has 1 unspecified atom stereocenters. The van der Waals surface area contributed by atoms with E-state index >= 15 is 0 Å². The first kappa shape index (κ1) is 16.5. The molecule has 0 saturated carbocycles. The normalized spacial score (nSPS) is 19.8. The summed E-state index contributed by atoms with van der Waals surface area (Å²) in [5.74, 6) is 6.17. The number of nitrogens with zero attached hydrogens (tertiary/aromatic N) is 5. The van der Waals surface area contributed by atoms with Gasteiger partial charge in [-0.2, -0.15) is 4.98 Å². The highest BCUT2D eigenvalue weighted by Gasteiger charge is 2.28. The molecule has 136 valence electrons. The van der Waals surface area contributed by atoms with E-state index in [-0.39, 0.29) is 24.8 Å². The summed E-state index contributed by atoms with van der Waals surface area (Å²) in [5, 5.41) is 10.3. The zero-order valence-electron chi connectivity index (χ0n) is 13.9. The average Bonchev–Trinajstić information content (AvgIpc) is 3.29. The smallest absolute Gasteiger partial charge is 0.279 e. The second-order valence-corrected chi connectivity index (χ2v) is 5.95. The van der Waals surface area contributed by atoms with Crippen LogP contribution in [0, 0.1) is 0 Å². The third-order valence-electron chi connectivity index (χ3n) is 4.28. The van der Waals surface area contributed by atoms with Gasteiger partial charge in [0.25, 0.3) is 5.88 Å². The molecule has 0 aliphatic carbocycles. The number of imidazole rings is 1. The second kappa shape index (κ2) is 6.75. The van der Waals surface area contributed by atoms with Crippen molar-refractivity contribution in [1.82, 2.24) is 19.5 Å². The molecule has 5 N–H and O–H groups in total. The number of aliphatic hydroxyl groups excluding tert-OH is 1. The van der Waals surface area contributed by atoms with Crippen molar-refractivity contribution in [3.05, 3.63) is 36.9 Å².